The maximum atomic E-state index is 11.8. The van der Waals surface area contributed by atoms with E-state index >= 15 is 0 Å². The van der Waals surface area contributed by atoms with Crippen LogP contribution in [0.25, 0.3) is 0 Å². The fraction of sp³-hybridized carbons (Fsp3) is 0.917. The zero-order valence-electron chi connectivity index (χ0n) is 9.75. The number of piperidine rings is 1. The molecule has 1 aliphatic rings. The highest BCUT2D eigenvalue weighted by atomic mass is 16.2. The first-order chi connectivity index (χ1) is 6.61. The Hall–Kier alpha value is -0.530. The molecule has 1 saturated heterocycles. The molecule has 0 N–H and O–H groups in total. The lowest BCUT2D eigenvalue weighted by atomic mass is 10.0. The molecule has 0 aromatic rings. The van der Waals surface area contributed by atoms with Crippen molar-refractivity contribution in [3.05, 3.63) is 0 Å². The van der Waals surface area contributed by atoms with Crippen LogP contribution < -0.4 is 0 Å². The summed E-state index contributed by atoms with van der Waals surface area (Å²) in [6, 6.07) is 0.475. The van der Waals surface area contributed by atoms with Gasteiger partial charge >= 0.3 is 0 Å². The number of amides is 1. The molecule has 82 valence electrons. The first-order valence-corrected chi connectivity index (χ1v) is 5.90. The number of carbonyl (C=O) groups excluding carboxylic acids is 1. The predicted molar refractivity (Wildman–Crippen MR) is 59.1 cm³/mol. The van der Waals surface area contributed by atoms with Gasteiger partial charge in [0.25, 0.3) is 0 Å². The molecule has 0 aliphatic carbocycles. The topological polar surface area (TPSA) is 20.3 Å². The number of rotatable bonds is 3. The van der Waals surface area contributed by atoms with E-state index < -0.39 is 0 Å². The van der Waals surface area contributed by atoms with Gasteiger partial charge in [0, 0.05) is 19.0 Å². The van der Waals surface area contributed by atoms with Crippen LogP contribution in [0.15, 0.2) is 0 Å². The van der Waals surface area contributed by atoms with Crippen molar-refractivity contribution in [2.75, 3.05) is 6.54 Å². The second-order valence-corrected chi connectivity index (χ2v) is 4.86. The molecule has 1 heterocycles. The standard InChI is InChI=1S/C12H23NO/c1-10(2)7-8-12(14)13-9-5-4-6-11(13)3/h10-11H,4-9H2,1-3H3. The van der Waals surface area contributed by atoms with Gasteiger partial charge in [-0.1, -0.05) is 13.8 Å². The van der Waals surface area contributed by atoms with E-state index in [4.69, 9.17) is 0 Å². The molecule has 0 saturated carbocycles. The first kappa shape index (κ1) is 11.5. The summed E-state index contributed by atoms with van der Waals surface area (Å²) in [5.41, 5.74) is 0. The molecule has 0 radical (unpaired) electrons. The molecular weight excluding hydrogens is 174 g/mol. The van der Waals surface area contributed by atoms with Crippen molar-refractivity contribution in [1.82, 2.24) is 4.90 Å². The third-order valence-electron chi connectivity index (χ3n) is 3.06. The van der Waals surface area contributed by atoms with Crippen LogP contribution >= 0.6 is 0 Å². The second-order valence-electron chi connectivity index (χ2n) is 4.86. The molecule has 0 aromatic carbocycles. The molecule has 1 unspecified atom stereocenters. The fourth-order valence-corrected chi connectivity index (χ4v) is 2.02. The normalized spacial score (nSPS) is 22.9. The summed E-state index contributed by atoms with van der Waals surface area (Å²) < 4.78 is 0. The van der Waals surface area contributed by atoms with Crippen molar-refractivity contribution in [3.8, 4) is 0 Å². The summed E-state index contributed by atoms with van der Waals surface area (Å²) in [5, 5.41) is 0. The van der Waals surface area contributed by atoms with Gasteiger partial charge in [0.2, 0.25) is 5.91 Å². The first-order valence-electron chi connectivity index (χ1n) is 5.90. The summed E-state index contributed by atoms with van der Waals surface area (Å²) in [6.45, 7) is 7.50. The summed E-state index contributed by atoms with van der Waals surface area (Å²) in [4.78, 5) is 13.9. The molecule has 1 atom stereocenters. The Morgan fingerprint density at radius 2 is 2.14 bits per heavy atom. The average molecular weight is 197 g/mol. The van der Waals surface area contributed by atoms with Crippen LogP contribution in [0.1, 0.15) is 52.9 Å². The average Bonchev–Trinajstić information content (AvgIpc) is 2.15. The third-order valence-corrected chi connectivity index (χ3v) is 3.06. The van der Waals surface area contributed by atoms with Gasteiger partial charge in [-0.3, -0.25) is 4.79 Å². The number of carbonyl (C=O) groups is 1. The smallest absolute Gasteiger partial charge is 0.222 e. The van der Waals surface area contributed by atoms with Crippen molar-refractivity contribution in [1.29, 1.82) is 0 Å². The maximum Gasteiger partial charge on any atom is 0.222 e. The Bertz CT molecular complexity index is 189. The van der Waals surface area contributed by atoms with E-state index in [1.165, 1.54) is 19.3 Å². The molecule has 0 aromatic heterocycles. The Labute approximate surface area is 87.7 Å². The van der Waals surface area contributed by atoms with Crippen LogP contribution in [0.3, 0.4) is 0 Å². The Balaban J connectivity index is 2.34. The van der Waals surface area contributed by atoms with Crippen LogP contribution in [0.4, 0.5) is 0 Å². The third kappa shape index (κ3) is 3.32. The minimum absolute atomic E-state index is 0.367. The highest BCUT2D eigenvalue weighted by molar-refractivity contribution is 5.76. The van der Waals surface area contributed by atoms with Crippen molar-refractivity contribution in [3.63, 3.8) is 0 Å². The number of hydrogen-bond donors (Lipinski definition) is 0. The molecular formula is C12H23NO. The quantitative estimate of drug-likeness (QED) is 0.681. The highest BCUT2D eigenvalue weighted by Crippen LogP contribution is 2.18. The summed E-state index contributed by atoms with van der Waals surface area (Å²) in [5.74, 6) is 1.00. The molecule has 0 spiro atoms. The van der Waals surface area contributed by atoms with Crippen LogP contribution in [-0.2, 0) is 4.79 Å². The maximum absolute atomic E-state index is 11.8. The number of hydrogen-bond acceptors (Lipinski definition) is 1. The monoisotopic (exact) mass is 197 g/mol. The van der Waals surface area contributed by atoms with E-state index in [0.29, 0.717) is 17.9 Å². The van der Waals surface area contributed by atoms with Crippen LogP contribution in [0.2, 0.25) is 0 Å². The van der Waals surface area contributed by atoms with Crippen LogP contribution in [-0.4, -0.2) is 23.4 Å². The minimum atomic E-state index is 0.367. The van der Waals surface area contributed by atoms with E-state index in [1.807, 2.05) is 0 Å². The second kappa shape index (κ2) is 5.38. The molecule has 1 amide bonds. The predicted octanol–water partition coefficient (Wildman–Crippen LogP) is 2.82. The van der Waals surface area contributed by atoms with Gasteiger partial charge in [-0.2, -0.15) is 0 Å². The Kier molecular flexibility index (Phi) is 4.43. The van der Waals surface area contributed by atoms with Gasteiger partial charge in [-0.15, -0.1) is 0 Å². The van der Waals surface area contributed by atoms with Crippen molar-refractivity contribution in [2.45, 2.75) is 58.9 Å². The lowest BCUT2D eigenvalue weighted by molar-refractivity contribution is -0.134. The zero-order chi connectivity index (χ0) is 10.6. The van der Waals surface area contributed by atoms with E-state index in [1.54, 1.807) is 0 Å². The van der Waals surface area contributed by atoms with Crippen molar-refractivity contribution < 1.29 is 4.79 Å². The fourth-order valence-electron chi connectivity index (χ4n) is 2.02. The van der Waals surface area contributed by atoms with Gasteiger partial charge in [-0.25, -0.2) is 0 Å². The molecule has 1 fully saturated rings. The highest BCUT2D eigenvalue weighted by Gasteiger charge is 2.22. The van der Waals surface area contributed by atoms with Crippen molar-refractivity contribution >= 4 is 5.91 Å². The minimum Gasteiger partial charge on any atom is -0.340 e. The van der Waals surface area contributed by atoms with E-state index in [0.717, 1.165) is 19.4 Å². The van der Waals surface area contributed by atoms with Crippen LogP contribution in [0.5, 0.6) is 0 Å². The van der Waals surface area contributed by atoms with Gasteiger partial charge in [0.05, 0.1) is 0 Å². The number of likely N-dealkylation sites (tertiary alicyclic amines) is 1. The molecule has 2 nitrogen and oxygen atoms in total. The molecule has 2 heteroatoms. The molecule has 14 heavy (non-hydrogen) atoms. The van der Waals surface area contributed by atoms with E-state index in [-0.39, 0.29) is 0 Å². The number of nitrogens with zero attached hydrogens (tertiary/aromatic N) is 1. The van der Waals surface area contributed by atoms with E-state index in [2.05, 4.69) is 25.7 Å². The lowest BCUT2D eigenvalue weighted by Gasteiger charge is -2.33. The molecule has 0 bridgehead atoms. The van der Waals surface area contributed by atoms with Crippen LogP contribution in [0, 0.1) is 5.92 Å². The van der Waals surface area contributed by atoms with Gasteiger partial charge in [0.15, 0.2) is 0 Å². The molecule has 1 rings (SSSR count). The lowest BCUT2D eigenvalue weighted by Crippen LogP contribution is -2.42. The van der Waals surface area contributed by atoms with Gasteiger partial charge in [-0.05, 0) is 38.5 Å². The summed E-state index contributed by atoms with van der Waals surface area (Å²) >= 11 is 0. The summed E-state index contributed by atoms with van der Waals surface area (Å²) in [6.07, 6.45) is 5.43. The van der Waals surface area contributed by atoms with Gasteiger partial charge < -0.3 is 4.90 Å². The summed E-state index contributed by atoms with van der Waals surface area (Å²) in [7, 11) is 0. The Morgan fingerprint density at radius 1 is 1.43 bits per heavy atom. The van der Waals surface area contributed by atoms with Crippen molar-refractivity contribution in [2.24, 2.45) is 5.92 Å². The SMILES string of the molecule is CC(C)CCC(=O)N1CCCCC1C. The Morgan fingerprint density at radius 3 is 2.71 bits per heavy atom. The molecule has 1 aliphatic heterocycles. The largest absolute Gasteiger partial charge is 0.340 e. The van der Waals surface area contributed by atoms with E-state index in [9.17, 15) is 4.79 Å². The van der Waals surface area contributed by atoms with Gasteiger partial charge in [0.1, 0.15) is 0 Å². The zero-order valence-corrected chi connectivity index (χ0v) is 9.75.